The number of rotatable bonds is 17. The monoisotopic (exact) mass is 436 g/mol. The van der Waals surface area contributed by atoms with Crippen molar-refractivity contribution in [3.05, 3.63) is 23.0 Å². The molecule has 0 aromatic heterocycles. The highest BCUT2D eigenvalue weighted by molar-refractivity contribution is 5.37. The molecule has 0 aromatic carbocycles. The summed E-state index contributed by atoms with van der Waals surface area (Å²) in [5.41, 5.74) is 2.47. The first kappa shape index (κ1) is 30.2. The lowest BCUT2D eigenvalue weighted by molar-refractivity contribution is 0.154. The average molecular weight is 437 g/mol. The predicted octanol–water partition coefficient (Wildman–Crippen LogP) is 9.23. The summed E-state index contributed by atoms with van der Waals surface area (Å²) in [4.78, 5) is 0. The van der Waals surface area contributed by atoms with E-state index in [0.29, 0.717) is 0 Å². The van der Waals surface area contributed by atoms with Gasteiger partial charge in [-0.2, -0.15) is 0 Å². The maximum absolute atomic E-state index is 10.5. The van der Waals surface area contributed by atoms with Crippen LogP contribution in [0.15, 0.2) is 23.0 Å². The molecular weight excluding hydrogens is 380 g/mol. The van der Waals surface area contributed by atoms with Crippen LogP contribution < -0.4 is 0 Å². The Hall–Kier alpha value is -0.760. The van der Waals surface area contributed by atoms with E-state index in [-0.39, 0.29) is 19.4 Å². The van der Waals surface area contributed by atoms with Crippen LogP contribution >= 0.6 is 0 Å². The molecule has 0 radical (unpaired) electrons. The Bertz CT molecular complexity index is 505. The van der Waals surface area contributed by atoms with E-state index in [1.165, 1.54) is 81.8 Å². The van der Waals surface area contributed by atoms with E-state index in [9.17, 15) is 5.11 Å². The van der Waals surface area contributed by atoms with E-state index in [0.717, 1.165) is 37.0 Å². The minimum atomic E-state index is -0.369. The third-order valence-corrected chi connectivity index (χ3v) is 7.04. The van der Waals surface area contributed by atoms with Gasteiger partial charge in [0.15, 0.2) is 0 Å². The van der Waals surface area contributed by atoms with Crippen molar-refractivity contribution in [1.29, 1.82) is 0 Å². The minimum Gasteiger partial charge on any atom is -0.493 e. The summed E-state index contributed by atoms with van der Waals surface area (Å²) in [6.45, 7) is 14.4. The predicted molar refractivity (Wildman–Crippen MR) is 138 cm³/mol. The van der Waals surface area contributed by atoms with Crippen molar-refractivity contribution in [3.63, 3.8) is 0 Å². The number of allylic oxidation sites excluding steroid dienone is 1. The second-order valence-electron chi connectivity index (χ2n) is 10.1. The molecule has 0 saturated heterocycles. The Balaban J connectivity index is 0.00000900. The Morgan fingerprint density at radius 1 is 0.871 bits per heavy atom. The van der Waals surface area contributed by atoms with Crippen LogP contribution in [0.4, 0.5) is 0 Å². The molecule has 1 aliphatic carbocycles. The Labute approximate surface area is 195 Å². The molecule has 2 heteroatoms. The van der Waals surface area contributed by atoms with Gasteiger partial charge in [0.1, 0.15) is 5.76 Å². The van der Waals surface area contributed by atoms with Gasteiger partial charge in [0.25, 0.3) is 0 Å². The number of hydrogen-bond donors (Lipinski definition) is 1. The molecule has 31 heavy (non-hydrogen) atoms. The van der Waals surface area contributed by atoms with E-state index < -0.39 is 0 Å². The molecule has 1 rings (SSSR count). The highest BCUT2D eigenvalue weighted by Crippen LogP contribution is 2.34. The van der Waals surface area contributed by atoms with Crippen molar-refractivity contribution in [2.75, 3.05) is 6.61 Å². The first-order valence-electron chi connectivity index (χ1n) is 13.1. The minimum absolute atomic E-state index is 0. The van der Waals surface area contributed by atoms with Crippen LogP contribution in [0.5, 0.6) is 0 Å². The largest absolute Gasteiger partial charge is 0.493 e. The average Bonchev–Trinajstić information content (AvgIpc) is 2.71. The van der Waals surface area contributed by atoms with Crippen molar-refractivity contribution in [3.8, 4) is 0 Å². The van der Waals surface area contributed by atoms with Gasteiger partial charge in [-0.25, -0.2) is 0 Å². The lowest BCUT2D eigenvalue weighted by Crippen LogP contribution is -2.23. The third-order valence-electron chi connectivity index (χ3n) is 7.04. The van der Waals surface area contributed by atoms with E-state index in [2.05, 4.69) is 47.6 Å². The maximum Gasteiger partial charge on any atom is 0.121 e. The quantitative estimate of drug-likeness (QED) is 0.230. The fraction of sp³-hybridized carbons (Fsp3) is 0.862. The van der Waals surface area contributed by atoms with Crippen molar-refractivity contribution < 1.29 is 9.84 Å². The van der Waals surface area contributed by atoms with E-state index in [1.807, 2.05) is 0 Å². The second kappa shape index (κ2) is 17.8. The first-order valence-corrected chi connectivity index (χ1v) is 13.1. The Kier molecular flexibility index (Phi) is 17.3. The molecular formula is C29H56O2. The van der Waals surface area contributed by atoms with E-state index in [4.69, 9.17) is 4.74 Å². The summed E-state index contributed by atoms with van der Waals surface area (Å²) in [7, 11) is 0. The second-order valence-corrected chi connectivity index (χ2v) is 10.1. The van der Waals surface area contributed by atoms with Crippen molar-refractivity contribution in [2.45, 2.75) is 139 Å². The van der Waals surface area contributed by atoms with Gasteiger partial charge in [-0.1, -0.05) is 106 Å². The van der Waals surface area contributed by atoms with Gasteiger partial charge in [0, 0.05) is 5.92 Å². The summed E-state index contributed by atoms with van der Waals surface area (Å²) in [6.07, 6.45) is 18.3. The highest BCUT2D eigenvalue weighted by atomic mass is 16.5. The van der Waals surface area contributed by atoms with Crippen molar-refractivity contribution in [2.24, 2.45) is 17.8 Å². The normalized spacial score (nSPS) is 20.8. The van der Waals surface area contributed by atoms with Gasteiger partial charge in [0.05, 0.1) is 12.7 Å². The summed E-state index contributed by atoms with van der Waals surface area (Å²) < 4.78 is 6.31. The van der Waals surface area contributed by atoms with Crippen LogP contribution in [-0.2, 0) is 4.74 Å². The molecule has 1 aliphatic rings. The summed E-state index contributed by atoms with van der Waals surface area (Å²) in [5, 5.41) is 10.5. The number of ether oxygens (including phenoxy) is 1. The molecule has 2 nitrogen and oxygen atoms in total. The van der Waals surface area contributed by atoms with Gasteiger partial charge in [-0.15, -0.1) is 0 Å². The Morgan fingerprint density at radius 3 is 2.13 bits per heavy atom. The summed E-state index contributed by atoms with van der Waals surface area (Å²) >= 11 is 0. The van der Waals surface area contributed by atoms with Gasteiger partial charge in [-0.05, 0) is 55.2 Å². The number of hydrogen-bond acceptors (Lipinski definition) is 2. The van der Waals surface area contributed by atoms with Crippen LogP contribution in [-0.4, -0.2) is 17.8 Å². The number of aliphatic hydroxyl groups is 1. The number of unbranched alkanes of at least 4 members (excludes halogenated alkanes) is 5. The molecule has 184 valence electrons. The fourth-order valence-corrected chi connectivity index (χ4v) is 4.60. The number of aliphatic hydroxyl groups excluding tert-OH is 1. The van der Waals surface area contributed by atoms with E-state index >= 15 is 0 Å². The Morgan fingerprint density at radius 2 is 1.48 bits per heavy atom. The topological polar surface area (TPSA) is 29.5 Å². The zero-order chi connectivity index (χ0) is 22.4. The highest BCUT2D eigenvalue weighted by Gasteiger charge is 2.26. The molecule has 0 bridgehead atoms. The molecule has 0 aromatic rings. The molecule has 0 saturated carbocycles. The molecule has 0 amide bonds. The zero-order valence-electron chi connectivity index (χ0n) is 21.1. The lowest BCUT2D eigenvalue weighted by Gasteiger charge is -2.29. The van der Waals surface area contributed by atoms with Gasteiger partial charge in [-0.3, -0.25) is 0 Å². The SMILES string of the molecule is C.CCCCCCCCOC1=C(C)C(C)C(O)C=C1CCC(C)CCCC(C)CCC. The smallest absolute Gasteiger partial charge is 0.121 e. The molecule has 4 atom stereocenters. The zero-order valence-corrected chi connectivity index (χ0v) is 21.1. The van der Waals surface area contributed by atoms with E-state index in [1.54, 1.807) is 0 Å². The molecule has 0 spiro atoms. The van der Waals surface area contributed by atoms with Crippen molar-refractivity contribution >= 4 is 0 Å². The van der Waals surface area contributed by atoms with Gasteiger partial charge in [0.2, 0.25) is 0 Å². The molecule has 0 fully saturated rings. The molecule has 0 aliphatic heterocycles. The summed E-state index contributed by atoms with van der Waals surface area (Å²) in [5.74, 6) is 2.85. The van der Waals surface area contributed by atoms with Gasteiger partial charge >= 0.3 is 0 Å². The lowest BCUT2D eigenvalue weighted by atomic mass is 9.84. The van der Waals surface area contributed by atoms with Crippen LogP contribution in [0, 0.1) is 17.8 Å². The first-order chi connectivity index (χ1) is 14.4. The van der Waals surface area contributed by atoms with Crippen LogP contribution in [0.25, 0.3) is 0 Å². The maximum atomic E-state index is 10.5. The van der Waals surface area contributed by atoms with Gasteiger partial charge < -0.3 is 9.84 Å². The van der Waals surface area contributed by atoms with Crippen LogP contribution in [0.1, 0.15) is 132 Å². The molecule has 0 heterocycles. The molecule has 4 unspecified atom stereocenters. The van der Waals surface area contributed by atoms with Crippen LogP contribution in [0.3, 0.4) is 0 Å². The molecule has 1 N–H and O–H groups in total. The fourth-order valence-electron chi connectivity index (χ4n) is 4.60. The third kappa shape index (κ3) is 12.2. The summed E-state index contributed by atoms with van der Waals surface area (Å²) in [6, 6.07) is 0. The standard InChI is InChI=1S/C28H52O2.CH4/c1-7-9-10-11-12-13-20-30-28-25(6)24(5)27(29)21-26(28)19-18-23(4)17-14-16-22(3)15-8-2;/h21-24,27,29H,7-20H2,1-6H3;1H4. The van der Waals surface area contributed by atoms with Crippen LogP contribution in [0.2, 0.25) is 0 Å². The van der Waals surface area contributed by atoms with Crippen molar-refractivity contribution in [1.82, 2.24) is 0 Å².